The number of hydrogen-bond acceptors (Lipinski definition) is 3. The van der Waals surface area contributed by atoms with E-state index < -0.39 is 0 Å². The zero-order valence-electron chi connectivity index (χ0n) is 10.2. The maximum atomic E-state index is 13.2. The van der Waals surface area contributed by atoms with Crippen molar-refractivity contribution in [3.8, 4) is 11.4 Å². The molecule has 0 saturated heterocycles. The van der Waals surface area contributed by atoms with Gasteiger partial charge >= 0.3 is 0 Å². The van der Waals surface area contributed by atoms with E-state index in [2.05, 4.69) is 31.2 Å². The van der Waals surface area contributed by atoms with Crippen LogP contribution in [0.3, 0.4) is 0 Å². The molecule has 1 N–H and O–H groups in total. The van der Waals surface area contributed by atoms with E-state index in [1.54, 1.807) is 18.3 Å². The summed E-state index contributed by atoms with van der Waals surface area (Å²) in [4.78, 5) is 8.77. The van der Waals surface area contributed by atoms with E-state index in [-0.39, 0.29) is 5.82 Å². The van der Waals surface area contributed by atoms with E-state index >= 15 is 0 Å². The number of nitrogens with one attached hydrogen (secondary N) is 1. The average molecular weight is 310 g/mol. The highest BCUT2D eigenvalue weighted by Gasteiger charge is 2.07. The van der Waals surface area contributed by atoms with Gasteiger partial charge < -0.3 is 5.32 Å². The Morgan fingerprint density at radius 2 is 2.17 bits per heavy atom. The number of rotatable bonds is 3. The Morgan fingerprint density at radius 1 is 1.39 bits per heavy atom. The number of hydrogen-bond donors (Lipinski definition) is 1. The van der Waals surface area contributed by atoms with Crippen molar-refractivity contribution in [2.45, 2.75) is 13.5 Å². The molecule has 0 saturated carbocycles. The van der Waals surface area contributed by atoms with E-state index in [1.165, 1.54) is 6.07 Å². The Labute approximate surface area is 114 Å². The molecule has 18 heavy (non-hydrogen) atoms. The van der Waals surface area contributed by atoms with Crippen LogP contribution in [0.25, 0.3) is 11.4 Å². The Morgan fingerprint density at radius 3 is 2.83 bits per heavy atom. The van der Waals surface area contributed by atoms with E-state index in [4.69, 9.17) is 0 Å². The van der Waals surface area contributed by atoms with Gasteiger partial charge in [-0.1, -0.05) is 0 Å². The quantitative estimate of drug-likeness (QED) is 0.947. The maximum absolute atomic E-state index is 13.2. The lowest BCUT2D eigenvalue weighted by Gasteiger charge is -2.07. The van der Waals surface area contributed by atoms with E-state index in [1.807, 2.05) is 14.0 Å². The molecule has 0 fully saturated rings. The lowest BCUT2D eigenvalue weighted by molar-refractivity contribution is 0.621. The van der Waals surface area contributed by atoms with Crippen LogP contribution < -0.4 is 5.32 Å². The molecule has 2 rings (SSSR count). The Hall–Kier alpha value is -1.33. The first-order valence-corrected chi connectivity index (χ1v) is 6.33. The Bertz CT molecular complexity index is 572. The summed E-state index contributed by atoms with van der Waals surface area (Å²) in [6.45, 7) is 2.65. The highest BCUT2D eigenvalue weighted by Crippen LogP contribution is 2.23. The van der Waals surface area contributed by atoms with Crippen LogP contribution in [0.5, 0.6) is 0 Å². The minimum absolute atomic E-state index is 0.290. The van der Waals surface area contributed by atoms with E-state index in [9.17, 15) is 4.39 Å². The lowest BCUT2D eigenvalue weighted by atomic mass is 10.2. The fourth-order valence-corrected chi connectivity index (χ4v) is 1.98. The summed E-state index contributed by atoms with van der Waals surface area (Å²) in [5.41, 5.74) is 2.78. The van der Waals surface area contributed by atoms with Gasteiger partial charge in [-0.3, -0.25) is 0 Å². The average Bonchev–Trinajstić information content (AvgIpc) is 2.36. The zero-order valence-corrected chi connectivity index (χ0v) is 11.8. The van der Waals surface area contributed by atoms with Gasteiger partial charge in [0, 0.05) is 18.3 Å². The van der Waals surface area contributed by atoms with Crippen molar-refractivity contribution in [1.29, 1.82) is 0 Å². The van der Waals surface area contributed by atoms with Crippen molar-refractivity contribution < 1.29 is 4.39 Å². The van der Waals surface area contributed by atoms with Crippen molar-refractivity contribution in [3.05, 3.63) is 45.9 Å². The molecule has 0 unspecified atom stereocenters. The second-order valence-electron chi connectivity index (χ2n) is 3.98. The van der Waals surface area contributed by atoms with Crippen molar-refractivity contribution in [2.24, 2.45) is 0 Å². The molecule has 0 bridgehead atoms. The van der Waals surface area contributed by atoms with Crippen LogP contribution in [0.1, 0.15) is 11.3 Å². The second-order valence-corrected chi connectivity index (χ2v) is 4.84. The third kappa shape index (κ3) is 2.73. The number of aryl methyl sites for hydroxylation is 1. The number of aromatic nitrogens is 2. The molecular weight excluding hydrogens is 297 g/mol. The molecule has 0 atom stereocenters. The second kappa shape index (κ2) is 5.54. The molecule has 2 aromatic rings. The van der Waals surface area contributed by atoms with Gasteiger partial charge in [0.2, 0.25) is 0 Å². The monoisotopic (exact) mass is 309 g/mol. The van der Waals surface area contributed by atoms with E-state index in [0.717, 1.165) is 16.8 Å². The van der Waals surface area contributed by atoms with Crippen molar-refractivity contribution in [2.75, 3.05) is 7.05 Å². The molecule has 94 valence electrons. The summed E-state index contributed by atoms with van der Waals surface area (Å²) in [6, 6.07) is 4.76. The summed E-state index contributed by atoms with van der Waals surface area (Å²) in [6.07, 6.45) is 1.78. The molecule has 0 aliphatic heterocycles. The first-order valence-electron chi connectivity index (χ1n) is 5.54. The van der Waals surface area contributed by atoms with Gasteiger partial charge in [0.25, 0.3) is 0 Å². The van der Waals surface area contributed by atoms with Gasteiger partial charge in [-0.15, -0.1) is 0 Å². The standard InChI is InChI=1S/C13H13BrFN3/c1-8-6-17-13(18-12(8)7-16-2)9-3-4-11(15)10(14)5-9/h3-6,16H,7H2,1-2H3. The van der Waals surface area contributed by atoms with Gasteiger partial charge in [-0.25, -0.2) is 14.4 Å². The van der Waals surface area contributed by atoms with Crippen LogP contribution in [0, 0.1) is 12.7 Å². The highest BCUT2D eigenvalue weighted by atomic mass is 79.9. The fraction of sp³-hybridized carbons (Fsp3) is 0.231. The summed E-state index contributed by atoms with van der Waals surface area (Å²) in [5, 5.41) is 3.06. The van der Waals surface area contributed by atoms with Crippen LogP contribution in [-0.4, -0.2) is 17.0 Å². The highest BCUT2D eigenvalue weighted by molar-refractivity contribution is 9.10. The predicted octanol–water partition coefficient (Wildman–Crippen LogP) is 3.07. The smallest absolute Gasteiger partial charge is 0.159 e. The molecule has 0 aliphatic carbocycles. The molecule has 0 aliphatic rings. The fourth-order valence-electron chi connectivity index (χ4n) is 1.60. The summed E-state index contributed by atoms with van der Waals surface area (Å²) < 4.78 is 13.6. The molecule has 5 heteroatoms. The van der Waals surface area contributed by atoms with Gasteiger partial charge in [-0.05, 0) is 53.7 Å². The third-order valence-electron chi connectivity index (χ3n) is 2.60. The van der Waals surface area contributed by atoms with Crippen molar-refractivity contribution >= 4 is 15.9 Å². The maximum Gasteiger partial charge on any atom is 0.159 e. The SMILES string of the molecule is CNCc1nc(-c2ccc(F)c(Br)c2)ncc1C. The molecule has 1 aromatic heterocycles. The normalized spacial score (nSPS) is 10.7. The first-order chi connectivity index (χ1) is 8.61. The van der Waals surface area contributed by atoms with Gasteiger partial charge in [0.15, 0.2) is 5.82 Å². The minimum atomic E-state index is -0.290. The predicted molar refractivity (Wildman–Crippen MR) is 72.6 cm³/mol. The summed E-state index contributed by atoms with van der Waals surface area (Å²) >= 11 is 3.16. The molecule has 1 heterocycles. The van der Waals surface area contributed by atoms with E-state index in [0.29, 0.717) is 16.8 Å². The number of halogens is 2. The molecule has 0 spiro atoms. The molecule has 0 amide bonds. The van der Waals surface area contributed by atoms with Gasteiger partial charge in [0.1, 0.15) is 5.82 Å². The molecule has 3 nitrogen and oxygen atoms in total. The van der Waals surface area contributed by atoms with Gasteiger partial charge in [-0.2, -0.15) is 0 Å². The molecule has 1 aromatic carbocycles. The van der Waals surface area contributed by atoms with Crippen LogP contribution in [0.15, 0.2) is 28.9 Å². The molecular formula is C13H13BrFN3. The van der Waals surface area contributed by atoms with Crippen molar-refractivity contribution in [1.82, 2.24) is 15.3 Å². The molecule has 0 radical (unpaired) electrons. The van der Waals surface area contributed by atoms with Crippen LogP contribution in [0.4, 0.5) is 4.39 Å². The van der Waals surface area contributed by atoms with Crippen LogP contribution in [0.2, 0.25) is 0 Å². The van der Waals surface area contributed by atoms with Crippen LogP contribution in [-0.2, 0) is 6.54 Å². The topological polar surface area (TPSA) is 37.8 Å². The minimum Gasteiger partial charge on any atom is -0.314 e. The van der Waals surface area contributed by atoms with Crippen molar-refractivity contribution in [3.63, 3.8) is 0 Å². The van der Waals surface area contributed by atoms with Crippen LogP contribution >= 0.6 is 15.9 Å². The first kappa shape index (κ1) is 13.1. The zero-order chi connectivity index (χ0) is 13.1. The summed E-state index contributed by atoms with van der Waals surface area (Å²) in [7, 11) is 1.87. The number of benzene rings is 1. The third-order valence-corrected chi connectivity index (χ3v) is 3.21. The summed E-state index contributed by atoms with van der Waals surface area (Å²) in [5.74, 6) is 0.313. The number of nitrogens with zero attached hydrogens (tertiary/aromatic N) is 2. The largest absolute Gasteiger partial charge is 0.314 e. The van der Waals surface area contributed by atoms with Gasteiger partial charge in [0.05, 0.1) is 10.2 Å². The Balaban J connectivity index is 2.44. The Kier molecular flexibility index (Phi) is 4.04. The lowest BCUT2D eigenvalue weighted by Crippen LogP contribution is -2.09.